The van der Waals surface area contributed by atoms with Crippen molar-refractivity contribution < 1.29 is 0 Å². The van der Waals surface area contributed by atoms with Crippen LogP contribution in [0, 0.1) is 10.8 Å². The van der Waals surface area contributed by atoms with Gasteiger partial charge in [-0.2, -0.15) is 0 Å². The van der Waals surface area contributed by atoms with Gasteiger partial charge in [0.05, 0.1) is 0 Å². The van der Waals surface area contributed by atoms with E-state index in [9.17, 15) is 0 Å². The molecule has 3 heteroatoms. The Kier molecular flexibility index (Phi) is 8.24. The highest BCUT2D eigenvalue weighted by atomic mass is 14.9. The van der Waals surface area contributed by atoms with E-state index in [2.05, 4.69) is 69.5 Å². The molecule has 0 fully saturated rings. The Balaban J connectivity index is 2.44. The van der Waals surface area contributed by atoms with Crippen molar-refractivity contribution in [3.8, 4) is 0 Å². The lowest BCUT2D eigenvalue weighted by Crippen LogP contribution is -2.36. The lowest BCUT2D eigenvalue weighted by atomic mass is 9.75. The Labute approximate surface area is 143 Å². The molecule has 0 saturated heterocycles. The molecule has 0 unspecified atom stereocenters. The minimum Gasteiger partial charge on any atom is -0.330 e. The first kappa shape index (κ1) is 20.1. The van der Waals surface area contributed by atoms with Crippen LogP contribution in [0.15, 0.2) is 24.3 Å². The number of benzene rings is 1. The molecule has 0 heterocycles. The lowest BCUT2D eigenvalue weighted by Gasteiger charge is -2.34. The molecule has 1 aromatic carbocycles. The van der Waals surface area contributed by atoms with Gasteiger partial charge < -0.3 is 16.4 Å². The number of hydrogen-bond donors (Lipinski definition) is 3. The molecule has 0 aliphatic rings. The van der Waals surface area contributed by atoms with Gasteiger partial charge in [0.25, 0.3) is 0 Å². The van der Waals surface area contributed by atoms with E-state index >= 15 is 0 Å². The third-order valence-corrected chi connectivity index (χ3v) is 4.19. The summed E-state index contributed by atoms with van der Waals surface area (Å²) in [6, 6.07) is 8.85. The molecular weight excluding hydrogens is 282 g/mol. The molecule has 0 saturated carbocycles. The summed E-state index contributed by atoms with van der Waals surface area (Å²) in [6.07, 6.45) is 2.31. The normalized spacial score (nSPS) is 12.6. The van der Waals surface area contributed by atoms with Gasteiger partial charge in [-0.1, -0.05) is 58.9 Å². The molecule has 1 aromatic rings. The first-order valence-electron chi connectivity index (χ1n) is 8.97. The van der Waals surface area contributed by atoms with Gasteiger partial charge in [-0.25, -0.2) is 0 Å². The zero-order valence-electron chi connectivity index (χ0n) is 15.8. The van der Waals surface area contributed by atoms with Crippen LogP contribution in [0.1, 0.15) is 58.6 Å². The number of hydrogen-bond acceptors (Lipinski definition) is 3. The summed E-state index contributed by atoms with van der Waals surface area (Å²) < 4.78 is 0. The van der Waals surface area contributed by atoms with E-state index in [0.29, 0.717) is 0 Å². The monoisotopic (exact) mass is 319 g/mol. The van der Waals surface area contributed by atoms with E-state index in [-0.39, 0.29) is 10.8 Å². The molecule has 0 spiro atoms. The second kappa shape index (κ2) is 9.41. The molecule has 0 aliphatic carbocycles. The Morgan fingerprint density at radius 2 is 1.57 bits per heavy atom. The van der Waals surface area contributed by atoms with Crippen molar-refractivity contribution in [1.29, 1.82) is 0 Å². The molecule has 4 N–H and O–H groups in total. The summed E-state index contributed by atoms with van der Waals surface area (Å²) in [4.78, 5) is 0. The van der Waals surface area contributed by atoms with Crippen LogP contribution in [0.4, 0.5) is 0 Å². The van der Waals surface area contributed by atoms with Crippen LogP contribution in [0.5, 0.6) is 0 Å². The SMILES string of the molecule is CCCNCc1cccc(CNCC(C)(C)CC(C)(C)CN)c1. The summed E-state index contributed by atoms with van der Waals surface area (Å²) in [7, 11) is 0. The van der Waals surface area contributed by atoms with Crippen molar-refractivity contribution in [1.82, 2.24) is 10.6 Å². The summed E-state index contributed by atoms with van der Waals surface area (Å²) in [6.45, 7) is 16.0. The minimum absolute atomic E-state index is 0.204. The van der Waals surface area contributed by atoms with Crippen molar-refractivity contribution in [2.75, 3.05) is 19.6 Å². The topological polar surface area (TPSA) is 50.1 Å². The summed E-state index contributed by atoms with van der Waals surface area (Å²) in [5, 5.41) is 7.08. The number of rotatable bonds is 11. The van der Waals surface area contributed by atoms with Gasteiger partial charge in [0.1, 0.15) is 0 Å². The van der Waals surface area contributed by atoms with Gasteiger partial charge >= 0.3 is 0 Å². The lowest BCUT2D eigenvalue weighted by molar-refractivity contribution is 0.195. The zero-order valence-corrected chi connectivity index (χ0v) is 15.8. The van der Waals surface area contributed by atoms with Crippen molar-refractivity contribution in [3.05, 3.63) is 35.4 Å². The first-order valence-corrected chi connectivity index (χ1v) is 8.97. The van der Waals surface area contributed by atoms with Crippen LogP contribution in [-0.2, 0) is 13.1 Å². The van der Waals surface area contributed by atoms with Gasteiger partial charge in [0.15, 0.2) is 0 Å². The van der Waals surface area contributed by atoms with Crippen molar-refractivity contribution in [3.63, 3.8) is 0 Å². The van der Waals surface area contributed by atoms with Crippen LogP contribution in [0.2, 0.25) is 0 Å². The van der Waals surface area contributed by atoms with E-state index in [1.807, 2.05) is 0 Å². The maximum absolute atomic E-state index is 5.87. The molecule has 23 heavy (non-hydrogen) atoms. The Bertz CT molecular complexity index is 452. The number of nitrogens with one attached hydrogen (secondary N) is 2. The molecule has 0 amide bonds. The zero-order chi connectivity index (χ0) is 17.3. The average Bonchev–Trinajstić information content (AvgIpc) is 2.47. The highest BCUT2D eigenvalue weighted by Gasteiger charge is 2.27. The molecule has 0 radical (unpaired) electrons. The second-order valence-corrected chi connectivity index (χ2v) is 8.31. The van der Waals surface area contributed by atoms with Crippen molar-refractivity contribution in [2.45, 2.75) is 60.5 Å². The van der Waals surface area contributed by atoms with E-state index < -0.39 is 0 Å². The Hall–Kier alpha value is -0.900. The van der Waals surface area contributed by atoms with Crippen LogP contribution < -0.4 is 16.4 Å². The third kappa shape index (κ3) is 8.50. The minimum atomic E-state index is 0.204. The van der Waals surface area contributed by atoms with E-state index in [4.69, 9.17) is 5.73 Å². The summed E-state index contributed by atoms with van der Waals surface area (Å²) in [5.74, 6) is 0. The van der Waals surface area contributed by atoms with Gasteiger partial charge in [0.2, 0.25) is 0 Å². The first-order chi connectivity index (χ1) is 10.8. The maximum Gasteiger partial charge on any atom is 0.0205 e. The molecule has 1 rings (SSSR count). The predicted molar refractivity (Wildman–Crippen MR) is 101 cm³/mol. The van der Waals surface area contributed by atoms with Gasteiger partial charge in [-0.05, 0) is 47.9 Å². The molecule has 0 atom stereocenters. The fourth-order valence-electron chi connectivity index (χ4n) is 3.23. The quantitative estimate of drug-likeness (QED) is 0.545. The molecular formula is C20H37N3. The third-order valence-electron chi connectivity index (χ3n) is 4.19. The number of nitrogens with two attached hydrogens (primary N) is 1. The molecule has 3 nitrogen and oxygen atoms in total. The fraction of sp³-hybridized carbons (Fsp3) is 0.700. The van der Waals surface area contributed by atoms with Gasteiger partial charge in [-0.3, -0.25) is 0 Å². The van der Waals surface area contributed by atoms with E-state index in [1.165, 1.54) is 17.5 Å². The highest BCUT2D eigenvalue weighted by molar-refractivity contribution is 5.23. The van der Waals surface area contributed by atoms with E-state index in [0.717, 1.165) is 39.1 Å². The smallest absolute Gasteiger partial charge is 0.0205 e. The summed E-state index contributed by atoms with van der Waals surface area (Å²) in [5.41, 5.74) is 9.05. The van der Waals surface area contributed by atoms with Gasteiger partial charge in [0, 0.05) is 19.6 Å². The molecule has 0 aromatic heterocycles. The van der Waals surface area contributed by atoms with Crippen LogP contribution >= 0.6 is 0 Å². The Morgan fingerprint density at radius 1 is 0.957 bits per heavy atom. The van der Waals surface area contributed by atoms with Crippen LogP contribution in [0.3, 0.4) is 0 Å². The fourth-order valence-corrected chi connectivity index (χ4v) is 3.23. The Morgan fingerprint density at radius 3 is 2.13 bits per heavy atom. The molecule has 0 aliphatic heterocycles. The standard InChI is InChI=1S/C20H37N3/c1-6-10-22-12-17-8-7-9-18(11-17)13-23-16-20(4,5)14-19(2,3)15-21/h7-9,11,22-23H,6,10,12-16,21H2,1-5H3. The summed E-state index contributed by atoms with van der Waals surface area (Å²) >= 11 is 0. The maximum atomic E-state index is 5.87. The van der Waals surface area contributed by atoms with Crippen LogP contribution in [0.25, 0.3) is 0 Å². The molecule has 132 valence electrons. The largest absolute Gasteiger partial charge is 0.330 e. The highest BCUT2D eigenvalue weighted by Crippen LogP contribution is 2.32. The van der Waals surface area contributed by atoms with Gasteiger partial charge in [-0.15, -0.1) is 0 Å². The second-order valence-electron chi connectivity index (χ2n) is 8.31. The van der Waals surface area contributed by atoms with Crippen molar-refractivity contribution in [2.24, 2.45) is 16.6 Å². The average molecular weight is 320 g/mol. The van der Waals surface area contributed by atoms with Crippen LogP contribution in [-0.4, -0.2) is 19.6 Å². The van der Waals surface area contributed by atoms with Crippen molar-refractivity contribution >= 4 is 0 Å². The van der Waals surface area contributed by atoms with E-state index in [1.54, 1.807) is 0 Å². The predicted octanol–water partition coefficient (Wildman–Crippen LogP) is 3.68. The molecule has 0 bridgehead atoms.